The van der Waals surface area contributed by atoms with E-state index in [1.807, 2.05) is 49.4 Å². The van der Waals surface area contributed by atoms with Crippen LogP contribution in [0, 0.1) is 6.92 Å². The van der Waals surface area contributed by atoms with Gasteiger partial charge in [-0.05, 0) is 54.8 Å². The predicted molar refractivity (Wildman–Crippen MR) is 92.6 cm³/mol. The van der Waals surface area contributed by atoms with Crippen molar-refractivity contribution in [2.45, 2.75) is 13.3 Å². The van der Waals surface area contributed by atoms with Crippen molar-refractivity contribution in [2.24, 2.45) is 0 Å². The molecule has 0 heterocycles. The molecule has 0 aromatic heterocycles. The first-order chi connectivity index (χ1) is 10.6. The average molecular weight is 363 g/mol. The summed E-state index contributed by atoms with van der Waals surface area (Å²) in [6.07, 6.45) is 0.754. The van der Waals surface area contributed by atoms with Crippen molar-refractivity contribution >= 4 is 27.6 Å². The Bertz CT molecular complexity index is 659. The SMILES string of the molecule is COc1cccc(CCNC(=O)Nc2ccc(Br)cc2C)c1. The number of benzene rings is 2. The van der Waals surface area contributed by atoms with E-state index in [2.05, 4.69) is 26.6 Å². The summed E-state index contributed by atoms with van der Waals surface area (Å²) in [5, 5.41) is 5.71. The van der Waals surface area contributed by atoms with Crippen molar-refractivity contribution in [3.8, 4) is 5.75 Å². The van der Waals surface area contributed by atoms with Crippen molar-refractivity contribution < 1.29 is 9.53 Å². The van der Waals surface area contributed by atoms with Gasteiger partial charge >= 0.3 is 6.03 Å². The fourth-order valence-corrected chi connectivity index (χ4v) is 2.56. The molecule has 2 aromatic carbocycles. The molecule has 0 aliphatic heterocycles. The van der Waals surface area contributed by atoms with Crippen molar-refractivity contribution in [3.63, 3.8) is 0 Å². The molecular formula is C17H19BrN2O2. The number of carbonyl (C=O) groups is 1. The number of aryl methyl sites for hydroxylation is 1. The molecule has 2 amide bonds. The van der Waals surface area contributed by atoms with Crippen LogP contribution in [0.5, 0.6) is 5.75 Å². The van der Waals surface area contributed by atoms with Crippen LogP contribution in [0.2, 0.25) is 0 Å². The van der Waals surface area contributed by atoms with Crippen LogP contribution in [0.25, 0.3) is 0 Å². The van der Waals surface area contributed by atoms with Gasteiger partial charge in [-0.1, -0.05) is 28.1 Å². The quantitative estimate of drug-likeness (QED) is 0.839. The summed E-state index contributed by atoms with van der Waals surface area (Å²) >= 11 is 3.40. The molecule has 2 rings (SSSR count). The fourth-order valence-electron chi connectivity index (χ4n) is 2.08. The van der Waals surface area contributed by atoms with Gasteiger partial charge in [0.15, 0.2) is 0 Å². The van der Waals surface area contributed by atoms with Gasteiger partial charge in [-0.3, -0.25) is 0 Å². The Hall–Kier alpha value is -2.01. The standard InChI is InChI=1S/C17H19BrN2O2/c1-12-10-14(18)6-7-16(12)20-17(21)19-9-8-13-4-3-5-15(11-13)22-2/h3-7,10-11H,8-9H2,1-2H3,(H2,19,20,21). The number of carbonyl (C=O) groups excluding carboxylic acids is 1. The topological polar surface area (TPSA) is 50.4 Å². The molecule has 0 unspecified atom stereocenters. The smallest absolute Gasteiger partial charge is 0.319 e. The molecule has 0 aliphatic carbocycles. The number of ether oxygens (including phenoxy) is 1. The van der Waals surface area contributed by atoms with Gasteiger partial charge in [0.1, 0.15) is 5.75 Å². The maximum atomic E-state index is 11.9. The Kier molecular flexibility index (Phi) is 5.83. The van der Waals surface area contributed by atoms with E-state index < -0.39 is 0 Å². The molecule has 22 heavy (non-hydrogen) atoms. The summed E-state index contributed by atoms with van der Waals surface area (Å²) in [7, 11) is 1.64. The van der Waals surface area contributed by atoms with E-state index in [1.54, 1.807) is 7.11 Å². The highest BCUT2D eigenvalue weighted by atomic mass is 79.9. The largest absolute Gasteiger partial charge is 0.497 e. The minimum Gasteiger partial charge on any atom is -0.497 e. The maximum absolute atomic E-state index is 11.9. The van der Waals surface area contributed by atoms with Crippen LogP contribution >= 0.6 is 15.9 Å². The number of urea groups is 1. The van der Waals surface area contributed by atoms with Gasteiger partial charge in [-0.2, -0.15) is 0 Å². The minimum absolute atomic E-state index is 0.201. The van der Waals surface area contributed by atoms with E-state index in [0.29, 0.717) is 6.54 Å². The first-order valence-electron chi connectivity index (χ1n) is 7.02. The second-order valence-corrected chi connectivity index (χ2v) is 5.86. The van der Waals surface area contributed by atoms with E-state index in [4.69, 9.17) is 4.74 Å². The Morgan fingerprint density at radius 3 is 2.77 bits per heavy atom. The number of amides is 2. The number of methoxy groups -OCH3 is 1. The Balaban J connectivity index is 1.82. The molecule has 5 heteroatoms. The number of anilines is 1. The number of nitrogens with one attached hydrogen (secondary N) is 2. The third kappa shape index (κ3) is 4.77. The minimum atomic E-state index is -0.201. The van der Waals surface area contributed by atoms with Crippen molar-refractivity contribution in [1.82, 2.24) is 5.32 Å². The normalized spacial score (nSPS) is 10.1. The van der Waals surface area contributed by atoms with E-state index in [-0.39, 0.29) is 6.03 Å². The van der Waals surface area contributed by atoms with E-state index in [9.17, 15) is 4.79 Å². The first-order valence-corrected chi connectivity index (χ1v) is 7.81. The van der Waals surface area contributed by atoms with Gasteiger partial charge < -0.3 is 15.4 Å². The Morgan fingerprint density at radius 1 is 1.23 bits per heavy atom. The van der Waals surface area contributed by atoms with Gasteiger partial charge in [-0.15, -0.1) is 0 Å². The lowest BCUT2D eigenvalue weighted by molar-refractivity contribution is 0.252. The average Bonchev–Trinajstić information content (AvgIpc) is 2.50. The van der Waals surface area contributed by atoms with Crippen LogP contribution in [0.4, 0.5) is 10.5 Å². The number of hydrogen-bond acceptors (Lipinski definition) is 2. The highest BCUT2D eigenvalue weighted by Gasteiger charge is 2.04. The number of hydrogen-bond donors (Lipinski definition) is 2. The Labute approximate surface area is 139 Å². The van der Waals surface area contributed by atoms with Crippen LogP contribution in [0.1, 0.15) is 11.1 Å². The molecule has 0 bridgehead atoms. The zero-order valence-electron chi connectivity index (χ0n) is 12.7. The highest BCUT2D eigenvalue weighted by Crippen LogP contribution is 2.19. The van der Waals surface area contributed by atoms with Gasteiger partial charge in [0.25, 0.3) is 0 Å². The summed E-state index contributed by atoms with van der Waals surface area (Å²) < 4.78 is 6.17. The lowest BCUT2D eigenvalue weighted by atomic mass is 10.1. The van der Waals surface area contributed by atoms with Crippen LogP contribution in [-0.2, 0) is 6.42 Å². The van der Waals surface area contributed by atoms with Gasteiger partial charge in [0.05, 0.1) is 7.11 Å². The zero-order valence-corrected chi connectivity index (χ0v) is 14.2. The van der Waals surface area contributed by atoms with E-state index in [1.165, 1.54) is 0 Å². The number of rotatable bonds is 5. The molecule has 2 aromatic rings. The van der Waals surface area contributed by atoms with Gasteiger partial charge in [0.2, 0.25) is 0 Å². The van der Waals surface area contributed by atoms with Crippen LogP contribution in [-0.4, -0.2) is 19.7 Å². The second-order valence-electron chi connectivity index (χ2n) is 4.94. The van der Waals surface area contributed by atoms with Crippen molar-refractivity contribution in [2.75, 3.05) is 19.0 Å². The molecule has 2 N–H and O–H groups in total. The molecule has 0 saturated heterocycles. The molecule has 0 spiro atoms. The molecular weight excluding hydrogens is 344 g/mol. The molecule has 0 atom stereocenters. The van der Waals surface area contributed by atoms with Crippen molar-refractivity contribution in [1.29, 1.82) is 0 Å². The summed E-state index contributed by atoms with van der Waals surface area (Å²) in [4.78, 5) is 11.9. The molecule has 0 aliphatic rings. The fraction of sp³-hybridized carbons (Fsp3) is 0.235. The zero-order chi connectivity index (χ0) is 15.9. The second kappa shape index (κ2) is 7.84. The van der Waals surface area contributed by atoms with Gasteiger partial charge in [0, 0.05) is 16.7 Å². The molecule has 4 nitrogen and oxygen atoms in total. The van der Waals surface area contributed by atoms with Crippen LogP contribution in [0.15, 0.2) is 46.9 Å². The van der Waals surface area contributed by atoms with E-state index >= 15 is 0 Å². The lowest BCUT2D eigenvalue weighted by Gasteiger charge is -2.10. The first kappa shape index (κ1) is 16.4. The van der Waals surface area contributed by atoms with E-state index in [0.717, 1.165) is 33.5 Å². The van der Waals surface area contributed by atoms with Crippen LogP contribution in [0.3, 0.4) is 0 Å². The lowest BCUT2D eigenvalue weighted by Crippen LogP contribution is -2.30. The molecule has 0 radical (unpaired) electrons. The summed E-state index contributed by atoms with van der Waals surface area (Å²) in [5.74, 6) is 0.826. The van der Waals surface area contributed by atoms with Crippen LogP contribution < -0.4 is 15.4 Å². The molecule has 0 fully saturated rings. The summed E-state index contributed by atoms with van der Waals surface area (Å²) in [5.41, 5.74) is 2.94. The third-order valence-corrected chi connectivity index (χ3v) is 3.76. The monoisotopic (exact) mass is 362 g/mol. The molecule has 0 saturated carbocycles. The third-order valence-electron chi connectivity index (χ3n) is 3.27. The predicted octanol–water partition coefficient (Wildman–Crippen LogP) is 4.13. The maximum Gasteiger partial charge on any atom is 0.319 e. The van der Waals surface area contributed by atoms with Crippen molar-refractivity contribution in [3.05, 3.63) is 58.1 Å². The summed E-state index contributed by atoms with van der Waals surface area (Å²) in [6.45, 7) is 2.52. The van der Waals surface area contributed by atoms with Gasteiger partial charge in [-0.25, -0.2) is 4.79 Å². The summed E-state index contributed by atoms with van der Waals surface area (Å²) in [6, 6.07) is 13.4. The number of halogens is 1. The molecule has 116 valence electrons. The highest BCUT2D eigenvalue weighted by molar-refractivity contribution is 9.10. The Morgan fingerprint density at radius 2 is 2.05 bits per heavy atom.